The molecule has 0 aliphatic carbocycles. The summed E-state index contributed by atoms with van der Waals surface area (Å²) in [5, 5.41) is 8.61. The van der Waals surface area contributed by atoms with Crippen LogP contribution in [0.4, 0.5) is 5.00 Å². The highest BCUT2D eigenvalue weighted by molar-refractivity contribution is 7.09. The standard InChI is InChI=1S/C10H10N6OS/c1-6-4-8-10(17)15(2-3-16(8)13-6)5-7-9(11)18-14-12-7/h2-4H,5,11H2,1H3. The van der Waals surface area contributed by atoms with Crippen molar-refractivity contribution < 1.29 is 0 Å². The van der Waals surface area contributed by atoms with Crippen LogP contribution in [0.15, 0.2) is 23.3 Å². The lowest BCUT2D eigenvalue weighted by Crippen LogP contribution is -2.22. The van der Waals surface area contributed by atoms with Gasteiger partial charge in [-0.25, -0.2) is 4.52 Å². The van der Waals surface area contributed by atoms with Gasteiger partial charge in [-0.05, 0) is 13.0 Å². The van der Waals surface area contributed by atoms with Crippen LogP contribution in [0.3, 0.4) is 0 Å². The summed E-state index contributed by atoms with van der Waals surface area (Å²) in [4.78, 5) is 12.2. The monoisotopic (exact) mass is 262 g/mol. The Morgan fingerprint density at radius 1 is 1.44 bits per heavy atom. The average molecular weight is 262 g/mol. The first-order valence-electron chi connectivity index (χ1n) is 5.27. The van der Waals surface area contributed by atoms with E-state index in [2.05, 4.69) is 14.7 Å². The van der Waals surface area contributed by atoms with E-state index in [1.54, 1.807) is 27.5 Å². The number of aromatic nitrogens is 5. The molecule has 0 saturated carbocycles. The Balaban J connectivity index is 2.10. The second-order valence-electron chi connectivity index (χ2n) is 3.93. The highest BCUT2D eigenvalue weighted by atomic mass is 32.1. The summed E-state index contributed by atoms with van der Waals surface area (Å²) >= 11 is 1.12. The van der Waals surface area contributed by atoms with E-state index in [-0.39, 0.29) is 5.56 Å². The Morgan fingerprint density at radius 3 is 3.00 bits per heavy atom. The van der Waals surface area contributed by atoms with Gasteiger partial charge in [-0.1, -0.05) is 4.49 Å². The van der Waals surface area contributed by atoms with Gasteiger partial charge < -0.3 is 10.3 Å². The Kier molecular flexibility index (Phi) is 2.37. The number of anilines is 1. The van der Waals surface area contributed by atoms with E-state index >= 15 is 0 Å². The first kappa shape index (κ1) is 10.9. The Hall–Kier alpha value is -2.22. The molecule has 0 bridgehead atoms. The van der Waals surface area contributed by atoms with Crippen LogP contribution in [0.2, 0.25) is 0 Å². The van der Waals surface area contributed by atoms with Crippen molar-refractivity contribution in [2.75, 3.05) is 5.73 Å². The van der Waals surface area contributed by atoms with E-state index < -0.39 is 0 Å². The van der Waals surface area contributed by atoms with Crippen molar-refractivity contribution in [1.82, 2.24) is 23.8 Å². The average Bonchev–Trinajstić information content (AvgIpc) is 2.90. The minimum atomic E-state index is -0.120. The summed E-state index contributed by atoms with van der Waals surface area (Å²) in [6.45, 7) is 2.17. The zero-order chi connectivity index (χ0) is 12.7. The molecule has 0 saturated heterocycles. The fraction of sp³-hybridized carbons (Fsp3) is 0.200. The van der Waals surface area contributed by atoms with Crippen LogP contribution in [0, 0.1) is 6.92 Å². The van der Waals surface area contributed by atoms with Crippen LogP contribution in [0.5, 0.6) is 0 Å². The first-order valence-corrected chi connectivity index (χ1v) is 6.04. The van der Waals surface area contributed by atoms with Gasteiger partial charge >= 0.3 is 0 Å². The topological polar surface area (TPSA) is 91.1 Å². The van der Waals surface area contributed by atoms with E-state index in [1.165, 1.54) is 0 Å². The number of nitrogens with zero attached hydrogens (tertiary/aromatic N) is 5. The molecule has 0 fully saturated rings. The third kappa shape index (κ3) is 1.66. The number of rotatable bonds is 2. The van der Waals surface area contributed by atoms with E-state index in [0.717, 1.165) is 17.2 Å². The summed E-state index contributed by atoms with van der Waals surface area (Å²) in [5.41, 5.74) is 7.55. The van der Waals surface area contributed by atoms with Crippen molar-refractivity contribution >= 4 is 22.1 Å². The van der Waals surface area contributed by atoms with E-state index in [4.69, 9.17) is 5.73 Å². The summed E-state index contributed by atoms with van der Waals surface area (Å²) in [6, 6.07) is 1.75. The molecule has 92 valence electrons. The molecular formula is C10H10N6OS. The smallest absolute Gasteiger partial charge is 0.276 e. The van der Waals surface area contributed by atoms with Crippen LogP contribution >= 0.6 is 11.5 Å². The zero-order valence-electron chi connectivity index (χ0n) is 9.57. The van der Waals surface area contributed by atoms with Gasteiger partial charge in [0, 0.05) is 23.9 Å². The van der Waals surface area contributed by atoms with Gasteiger partial charge in [0.25, 0.3) is 5.56 Å². The van der Waals surface area contributed by atoms with Crippen LogP contribution in [0.25, 0.3) is 5.52 Å². The number of hydrogen-bond donors (Lipinski definition) is 1. The van der Waals surface area contributed by atoms with Gasteiger partial charge in [-0.2, -0.15) is 5.10 Å². The van der Waals surface area contributed by atoms with Crippen molar-refractivity contribution in [2.24, 2.45) is 0 Å². The molecular weight excluding hydrogens is 252 g/mol. The third-order valence-electron chi connectivity index (χ3n) is 2.63. The van der Waals surface area contributed by atoms with E-state index in [1.807, 2.05) is 6.92 Å². The Bertz CT molecular complexity index is 770. The van der Waals surface area contributed by atoms with Gasteiger partial charge in [0.05, 0.1) is 12.2 Å². The lowest BCUT2D eigenvalue weighted by atomic mass is 10.4. The predicted molar refractivity (Wildman–Crippen MR) is 67.6 cm³/mol. The summed E-state index contributed by atoms with van der Waals surface area (Å²) in [7, 11) is 0. The minimum absolute atomic E-state index is 0.120. The Morgan fingerprint density at radius 2 is 2.28 bits per heavy atom. The molecule has 0 aliphatic heterocycles. The molecule has 0 atom stereocenters. The first-order chi connectivity index (χ1) is 8.65. The molecule has 0 amide bonds. The maximum Gasteiger partial charge on any atom is 0.276 e. The predicted octanol–water partition coefficient (Wildman–Crippen LogP) is 0.286. The number of nitrogen functional groups attached to an aromatic ring is 1. The molecule has 3 heterocycles. The molecule has 7 nitrogen and oxygen atoms in total. The number of fused-ring (bicyclic) bond motifs is 1. The van der Waals surface area contributed by atoms with Gasteiger partial charge in [0.15, 0.2) is 0 Å². The zero-order valence-corrected chi connectivity index (χ0v) is 10.4. The van der Waals surface area contributed by atoms with Crippen LogP contribution in [-0.4, -0.2) is 23.8 Å². The summed E-state index contributed by atoms with van der Waals surface area (Å²) in [6.07, 6.45) is 3.40. The highest BCUT2D eigenvalue weighted by Crippen LogP contribution is 2.13. The largest absolute Gasteiger partial charge is 0.388 e. The van der Waals surface area contributed by atoms with E-state index in [9.17, 15) is 4.79 Å². The highest BCUT2D eigenvalue weighted by Gasteiger charge is 2.09. The maximum absolute atomic E-state index is 12.2. The third-order valence-corrected chi connectivity index (χ3v) is 3.23. The van der Waals surface area contributed by atoms with Crippen molar-refractivity contribution in [3.05, 3.63) is 40.2 Å². The van der Waals surface area contributed by atoms with Crippen molar-refractivity contribution in [2.45, 2.75) is 13.5 Å². The normalized spacial score (nSPS) is 11.2. The second kappa shape index (κ2) is 3.91. The molecule has 0 spiro atoms. The lowest BCUT2D eigenvalue weighted by molar-refractivity contribution is 0.723. The number of hydrogen-bond acceptors (Lipinski definition) is 6. The molecule has 2 N–H and O–H groups in total. The molecule has 3 rings (SSSR count). The molecule has 8 heteroatoms. The Labute approximate surface area is 106 Å². The molecule has 0 radical (unpaired) electrons. The van der Waals surface area contributed by atoms with E-state index in [0.29, 0.717) is 22.8 Å². The van der Waals surface area contributed by atoms with Gasteiger partial charge in [0.2, 0.25) is 0 Å². The molecule has 3 aromatic heterocycles. The lowest BCUT2D eigenvalue weighted by Gasteiger charge is -2.03. The molecule has 0 aliphatic rings. The van der Waals surface area contributed by atoms with Gasteiger partial charge in [0.1, 0.15) is 16.2 Å². The fourth-order valence-corrected chi connectivity index (χ4v) is 2.20. The van der Waals surface area contributed by atoms with Crippen molar-refractivity contribution in [3.8, 4) is 0 Å². The van der Waals surface area contributed by atoms with Crippen LogP contribution < -0.4 is 11.3 Å². The number of nitrogens with two attached hydrogens (primary N) is 1. The van der Waals surface area contributed by atoms with Crippen molar-refractivity contribution in [3.63, 3.8) is 0 Å². The fourth-order valence-electron chi connectivity index (χ4n) is 1.76. The summed E-state index contributed by atoms with van der Waals surface area (Å²) < 4.78 is 6.86. The van der Waals surface area contributed by atoms with Crippen LogP contribution in [-0.2, 0) is 6.54 Å². The van der Waals surface area contributed by atoms with Crippen molar-refractivity contribution in [1.29, 1.82) is 0 Å². The molecule has 0 aromatic carbocycles. The second-order valence-corrected chi connectivity index (χ2v) is 4.72. The molecule has 3 aromatic rings. The number of aryl methyl sites for hydroxylation is 1. The SMILES string of the molecule is Cc1cc2c(=O)n(Cc3nnsc3N)ccn2n1. The van der Waals surface area contributed by atoms with Gasteiger partial charge in [-0.3, -0.25) is 4.79 Å². The molecule has 0 unspecified atom stereocenters. The molecule has 18 heavy (non-hydrogen) atoms. The van der Waals surface area contributed by atoms with Crippen LogP contribution in [0.1, 0.15) is 11.4 Å². The minimum Gasteiger partial charge on any atom is -0.388 e. The quantitative estimate of drug-likeness (QED) is 0.716. The maximum atomic E-state index is 12.2. The van der Waals surface area contributed by atoms with Gasteiger partial charge in [-0.15, -0.1) is 5.10 Å². The summed E-state index contributed by atoms with van der Waals surface area (Å²) in [5.74, 6) is 0.